The molecule has 0 saturated carbocycles. The molecule has 0 spiro atoms. The lowest BCUT2D eigenvalue weighted by Crippen LogP contribution is -2.38. The van der Waals surface area contributed by atoms with Crippen LogP contribution >= 0.6 is 0 Å². The number of piperidine rings is 1. The molecule has 0 radical (unpaired) electrons. The van der Waals surface area contributed by atoms with Crippen molar-refractivity contribution in [1.82, 2.24) is 19.5 Å². The standard InChI is InChI=1S/C27H27FN6O2/c1-27(2)16-33(21-6-5-18(28)15-20(21)27)25(35)17-7-11-29-23(14-17)32-12-8-19(9-13-32)34-22-4-3-10-30-24(22)31-26(34)36/h3-7,10-11,14-15,19H,8-9,12-13,16H2,1-2H3,(H,30,31,36). The van der Waals surface area contributed by atoms with E-state index in [-0.39, 0.29) is 28.9 Å². The summed E-state index contributed by atoms with van der Waals surface area (Å²) in [6.07, 6.45) is 4.89. The van der Waals surface area contributed by atoms with Crippen LogP contribution in [-0.2, 0) is 5.41 Å². The highest BCUT2D eigenvalue weighted by Gasteiger charge is 2.38. The number of nitrogens with zero attached hydrogens (tertiary/aromatic N) is 5. The minimum Gasteiger partial charge on any atom is -0.356 e. The summed E-state index contributed by atoms with van der Waals surface area (Å²) in [5.74, 6) is 0.326. The molecule has 1 saturated heterocycles. The third-order valence-corrected chi connectivity index (χ3v) is 7.41. The highest BCUT2D eigenvalue weighted by atomic mass is 19.1. The summed E-state index contributed by atoms with van der Waals surface area (Å²) in [4.78, 5) is 41.6. The number of nitrogens with one attached hydrogen (secondary N) is 1. The molecule has 8 nitrogen and oxygen atoms in total. The van der Waals surface area contributed by atoms with Crippen molar-refractivity contribution in [3.8, 4) is 0 Å². The van der Waals surface area contributed by atoms with Gasteiger partial charge in [-0.1, -0.05) is 13.8 Å². The van der Waals surface area contributed by atoms with Gasteiger partial charge in [0.1, 0.15) is 11.6 Å². The molecule has 4 aromatic rings. The van der Waals surface area contributed by atoms with Gasteiger partial charge in [0.2, 0.25) is 0 Å². The molecular formula is C27H27FN6O2. The Morgan fingerprint density at radius 3 is 2.69 bits per heavy atom. The van der Waals surface area contributed by atoms with Gasteiger partial charge in [-0.2, -0.15) is 0 Å². The van der Waals surface area contributed by atoms with Crippen molar-refractivity contribution in [2.75, 3.05) is 29.4 Å². The number of imidazole rings is 1. The van der Waals surface area contributed by atoms with E-state index in [1.54, 1.807) is 29.4 Å². The molecule has 6 rings (SSSR count). The van der Waals surface area contributed by atoms with Crippen molar-refractivity contribution in [2.24, 2.45) is 0 Å². The molecule has 1 N–H and O–H groups in total. The number of benzene rings is 1. The Morgan fingerprint density at radius 2 is 1.89 bits per heavy atom. The summed E-state index contributed by atoms with van der Waals surface area (Å²) in [6, 6.07) is 12.0. The number of pyridine rings is 2. The number of rotatable bonds is 3. The molecule has 1 fully saturated rings. The summed E-state index contributed by atoms with van der Waals surface area (Å²) in [6.45, 7) is 5.97. The fourth-order valence-electron chi connectivity index (χ4n) is 5.59. The first-order chi connectivity index (χ1) is 17.3. The van der Waals surface area contributed by atoms with E-state index >= 15 is 0 Å². The van der Waals surface area contributed by atoms with Gasteiger partial charge in [0.05, 0.1) is 5.52 Å². The predicted molar refractivity (Wildman–Crippen MR) is 136 cm³/mol. The molecule has 2 aliphatic rings. The second kappa shape index (κ2) is 8.29. The highest BCUT2D eigenvalue weighted by Crippen LogP contribution is 2.41. The molecule has 1 amide bonds. The number of halogens is 1. The molecule has 5 heterocycles. The first kappa shape index (κ1) is 22.5. The Bertz CT molecular complexity index is 1530. The lowest BCUT2D eigenvalue weighted by Gasteiger charge is -2.33. The van der Waals surface area contributed by atoms with E-state index in [0.29, 0.717) is 30.8 Å². The molecule has 184 valence electrons. The minimum absolute atomic E-state index is 0.0697. The first-order valence-electron chi connectivity index (χ1n) is 12.2. The Kier molecular flexibility index (Phi) is 5.17. The number of aromatic amines is 1. The Labute approximate surface area is 207 Å². The number of carbonyl (C=O) groups is 1. The van der Waals surface area contributed by atoms with Gasteiger partial charge in [-0.05, 0) is 60.9 Å². The highest BCUT2D eigenvalue weighted by molar-refractivity contribution is 6.08. The Morgan fingerprint density at radius 1 is 1.08 bits per heavy atom. The van der Waals surface area contributed by atoms with Gasteiger partial charge < -0.3 is 9.80 Å². The number of H-pyrrole nitrogens is 1. The van der Waals surface area contributed by atoms with Crippen LogP contribution in [0, 0.1) is 5.82 Å². The maximum Gasteiger partial charge on any atom is 0.327 e. The van der Waals surface area contributed by atoms with Crippen LogP contribution in [0.5, 0.6) is 0 Å². The van der Waals surface area contributed by atoms with E-state index in [1.807, 2.05) is 36.6 Å². The summed E-state index contributed by atoms with van der Waals surface area (Å²) in [5.41, 5.74) is 3.10. The van der Waals surface area contributed by atoms with Crippen LogP contribution < -0.4 is 15.5 Å². The van der Waals surface area contributed by atoms with E-state index in [9.17, 15) is 14.0 Å². The average Bonchev–Trinajstić information content (AvgIpc) is 3.36. The zero-order valence-corrected chi connectivity index (χ0v) is 20.2. The smallest absolute Gasteiger partial charge is 0.327 e. The van der Waals surface area contributed by atoms with Gasteiger partial charge in [0.25, 0.3) is 5.91 Å². The molecule has 1 aromatic carbocycles. The molecular weight excluding hydrogens is 459 g/mol. The van der Waals surface area contributed by atoms with Gasteiger partial charge in [-0.3, -0.25) is 14.3 Å². The van der Waals surface area contributed by atoms with Crippen LogP contribution in [-0.4, -0.2) is 45.1 Å². The van der Waals surface area contributed by atoms with Crippen LogP contribution in [0.2, 0.25) is 0 Å². The fraction of sp³-hybridized carbons (Fsp3) is 0.333. The maximum absolute atomic E-state index is 13.9. The van der Waals surface area contributed by atoms with E-state index in [4.69, 9.17) is 0 Å². The van der Waals surface area contributed by atoms with Crippen LogP contribution in [0.25, 0.3) is 11.2 Å². The summed E-state index contributed by atoms with van der Waals surface area (Å²) >= 11 is 0. The number of carbonyl (C=O) groups excluding carboxylic acids is 1. The topological polar surface area (TPSA) is 87.1 Å². The molecule has 0 atom stereocenters. The van der Waals surface area contributed by atoms with Gasteiger partial charge in [-0.15, -0.1) is 0 Å². The van der Waals surface area contributed by atoms with Crippen LogP contribution in [0.3, 0.4) is 0 Å². The Balaban J connectivity index is 1.21. The lowest BCUT2D eigenvalue weighted by atomic mass is 9.87. The third kappa shape index (κ3) is 3.66. The van der Waals surface area contributed by atoms with Crippen molar-refractivity contribution >= 4 is 28.6 Å². The number of hydrogen-bond acceptors (Lipinski definition) is 5. The zero-order chi connectivity index (χ0) is 25.0. The molecule has 0 unspecified atom stereocenters. The summed E-state index contributed by atoms with van der Waals surface area (Å²) in [5, 5.41) is 0. The largest absolute Gasteiger partial charge is 0.356 e. The van der Waals surface area contributed by atoms with E-state index in [1.165, 1.54) is 12.1 Å². The second-order valence-corrected chi connectivity index (χ2v) is 10.2. The Hall–Kier alpha value is -4.01. The number of amides is 1. The maximum atomic E-state index is 13.9. The number of aromatic nitrogens is 4. The molecule has 36 heavy (non-hydrogen) atoms. The number of anilines is 2. The number of hydrogen-bond donors (Lipinski definition) is 1. The second-order valence-electron chi connectivity index (χ2n) is 10.2. The summed E-state index contributed by atoms with van der Waals surface area (Å²) in [7, 11) is 0. The van der Waals surface area contributed by atoms with Gasteiger partial charge in [0.15, 0.2) is 5.65 Å². The van der Waals surface area contributed by atoms with E-state index in [2.05, 4.69) is 19.9 Å². The molecule has 2 aliphatic heterocycles. The molecule has 9 heteroatoms. The summed E-state index contributed by atoms with van der Waals surface area (Å²) < 4.78 is 15.7. The predicted octanol–water partition coefficient (Wildman–Crippen LogP) is 4.04. The van der Waals surface area contributed by atoms with Gasteiger partial charge >= 0.3 is 5.69 Å². The van der Waals surface area contributed by atoms with Crippen molar-refractivity contribution in [3.63, 3.8) is 0 Å². The lowest BCUT2D eigenvalue weighted by molar-refractivity contribution is 0.0986. The van der Waals surface area contributed by atoms with E-state index < -0.39 is 0 Å². The van der Waals surface area contributed by atoms with Crippen molar-refractivity contribution in [1.29, 1.82) is 0 Å². The molecule has 3 aromatic heterocycles. The minimum atomic E-state index is -0.333. The van der Waals surface area contributed by atoms with Gasteiger partial charge in [-0.25, -0.2) is 19.2 Å². The zero-order valence-electron chi connectivity index (χ0n) is 20.2. The van der Waals surface area contributed by atoms with Crippen molar-refractivity contribution in [3.05, 3.63) is 82.3 Å². The molecule has 0 bridgehead atoms. The normalized spacial score (nSPS) is 17.5. The van der Waals surface area contributed by atoms with Crippen LogP contribution in [0.1, 0.15) is 48.7 Å². The van der Waals surface area contributed by atoms with Crippen LogP contribution in [0.4, 0.5) is 15.9 Å². The number of fused-ring (bicyclic) bond motifs is 2. The van der Waals surface area contributed by atoms with E-state index in [0.717, 1.165) is 35.4 Å². The SMILES string of the molecule is CC1(C)CN(C(=O)c2ccnc(N3CCC(n4c(=O)[nH]c5ncccc54)CC3)c2)c2ccc(F)cc21. The third-order valence-electron chi connectivity index (χ3n) is 7.41. The average molecular weight is 487 g/mol. The van der Waals surface area contributed by atoms with Crippen molar-refractivity contribution < 1.29 is 9.18 Å². The quantitative estimate of drug-likeness (QED) is 0.472. The molecule has 0 aliphatic carbocycles. The first-order valence-corrected chi connectivity index (χ1v) is 12.2. The van der Waals surface area contributed by atoms with Crippen molar-refractivity contribution in [2.45, 2.75) is 38.1 Å². The van der Waals surface area contributed by atoms with Gasteiger partial charge in [0, 0.05) is 54.7 Å². The fourth-order valence-corrected chi connectivity index (χ4v) is 5.59. The van der Waals surface area contributed by atoms with Crippen LogP contribution in [0.15, 0.2) is 59.7 Å². The monoisotopic (exact) mass is 486 g/mol.